The average Bonchev–Trinajstić information content (AvgIpc) is 3.11. The molecule has 1 aromatic heterocycles. The maximum absolute atomic E-state index is 13.2. The Hall–Kier alpha value is -1.76. The van der Waals surface area contributed by atoms with Crippen molar-refractivity contribution in [2.24, 2.45) is 0 Å². The summed E-state index contributed by atoms with van der Waals surface area (Å²) in [4.78, 5) is 16.0. The van der Waals surface area contributed by atoms with Gasteiger partial charge in [-0.25, -0.2) is 4.39 Å². The summed E-state index contributed by atoms with van der Waals surface area (Å²) >= 11 is 3.10. The standard InChI is InChI=1S/C13H10BrFN2O3/c1-19-12(18)13(4-5-13)11-16-10(17-20-11)7-2-3-9(15)8(14)6-7/h2-3,6H,4-5H2,1H3. The first kappa shape index (κ1) is 13.2. The van der Waals surface area contributed by atoms with Crippen LogP contribution in [0.2, 0.25) is 0 Å². The molecule has 0 bridgehead atoms. The molecule has 1 fully saturated rings. The topological polar surface area (TPSA) is 65.2 Å². The molecule has 20 heavy (non-hydrogen) atoms. The van der Waals surface area contributed by atoms with Gasteiger partial charge >= 0.3 is 5.97 Å². The summed E-state index contributed by atoms with van der Waals surface area (Å²) in [7, 11) is 1.33. The number of nitrogens with zero attached hydrogens (tertiary/aromatic N) is 2. The molecule has 0 unspecified atom stereocenters. The molecule has 5 nitrogen and oxygen atoms in total. The number of aromatic nitrogens is 2. The first-order valence-electron chi connectivity index (χ1n) is 5.95. The van der Waals surface area contributed by atoms with E-state index in [1.54, 1.807) is 12.1 Å². The molecule has 0 radical (unpaired) electrons. The van der Waals surface area contributed by atoms with Crippen LogP contribution < -0.4 is 0 Å². The van der Waals surface area contributed by atoms with Crippen LogP contribution in [0.15, 0.2) is 27.2 Å². The summed E-state index contributed by atoms with van der Waals surface area (Å²) in [6, 6.07) is 4.41. The second-order valence-corrected chi connectivity index (χ2v) is 5.48. The first-order valence-corrected chi connectivity index (χ1v) is 6.74. The molecule has 104 valence electrons. The highest BCUT2D eigenvalue weighted by Crippen LogP contribution is 2.48. The van der Waals surface area contributed by atoms with Crippen molar-refractivity contribution in [3.05, 3.63) is 34.4 Å². The Morgan fingerprint density at radius 3 is 2.85 bits per heavy atom. The van der Waals surface area contributed by atoms with E-state index >= 15 is 0 Å². The van der Waals surface area contributed by atoms with Gasteiger partial charge in [-0.2, -0.15) is 4.98 Å². The number of rotatable bonds is 3. The summed E-state index contributed by atoms with van der Waals surface area (Å²) in [5.74, 6) is -0.172. The average molecular weight is 341 g/mol. The van der Waals surface area contributed by atoms with Crippen LogP contribution in [0, 0.1) is 5.82 Å². The Bertz CT molecular complexity index is 682. The normalized spacial score (nSPS) is 15.9. The SMILES string of the molecule is COC(=O)C1(c2nc(-c3ccc(F)c(Br)c3)no2)CC1. The number of carbonyl (C=O) groups is 1. The molecule has 0 spiro atoms. The highest BCUT2D eigenvalue weighted by molar-refractivity contribution is 9.10. The molecule has 0 N–H and O–H groups in total. The third kappa shape index (κ3) is 2.02. The van der Waals surface area contributed by atoms with Gasteiger partial charge in [-0.3, -0.25) is 4.79 Å². The molecule has 3 rings (SSSR count). The van der Waals surface area contributed by atoms with E-state index in [0.717, 1.165) is 0 Å². The zero-order chi connectivity index (χ0) is 14.3. The Balaban J connectivity index is 1.94. The number of ether oxygens (including phenoxy) is 1. The van der Waals surface area contributed by atoms with Gasteiger partial charge in [0.15, 0.2) is 0 Å². The summed E-state index contributed by atoms with van der Waals surface area (Å²) in [6.07, 6.45) is 1.27. The zero-order valence-electron chi connectivity index (χ0n) is 10.5. The van der Waals surface area contributed by atoms with E-state index in [4.69, 9.17) is 9.26 Å². The minimum atomic E-state index is -0.794. The number of carbonyl (C=O) groups excluding carboxylic acids is 1. The summed E-state index contributed by atoms with van der Waals surface area (Å²) in [5, 5.41) is 3.84. The fraction of sp³-hybridized carbons (Fsp3) is 0.308. The largest absolute Gasteiger partial charge is 0.468 e. The van der Waals surface area contributed by atoms with E-state index in [-0.39, 0.29) is 17.7 Å². The van der Waals surface area contributed by atoms with Gasteiger partial charge in [0.05, 0.1) is 11.6 Å². The molecule has 1 aromatic carbocycles. The van der Waals surface area contributed by atoms with E-state index in [0.29, 0.717) is 28.7 Å². The quantitative estimate of drug-likeness (QED) is 0.804. The Kier molecular flexibility index (Phi) is 3.08. The van der Waals surface area contributed by atoms with Gasteiger partial charge in [0.1, 0.15) is 11.2 Å². The van der Waals surface area contributed by atoms with E-state index in [9.17, 15) is 9.18 Å². The number of halogens is 2. The molecule has 0 amide bonds. The van der Waals surface area contributed by atoms with Crippen LogP contribution in [0.3, 0.4) is 0 Å². The van der Waals surface area contributed by atoms with Gasteiger partial charge in [0.25, 0.3) is 0 Å². The van der Waals surface area contributed by atoms with Crippen LogP contribution in [0.4, 0.5) is 4.39 Å². The van der Waals surface area contributed by atoms with Crippen molar-refractivity contribution < 1.29 is 18.4 Å². The highest BCUT2D eigenvalue weighted by Gasteiger charge is 2.57. The molecule has 0 atom stereocenters. The lowest BCUT2D eigenvalue weighted by Crippen LogP contribution is -2.22. The molecular formula is C13H10BrFN2O3. The van der Waals surface area contributed by atoms with Crippen LogP contribution in [0.25, 0.3) is 11.4 Å². The zero-order valence-corrected chi connectivity index (χ0v) is 12.1. The number of hydrogen-bond acceptors (Lipinski definition) is 5. The summed E-state index contributed by atoms with van der Waals surface area (Å²) in [6.45, 7) is 0. The number of methoxy groups -OCH3 is 1. The smallest absolute Gasteiger partial charge is 0.321 e. The predicted molar refractivity (Wildman–Crippen MR) is 70.3 cm³/mol. The number of benzene rings is 1. The third-order valence-electron chi connectivity index (χ3n) is 3.34. The number of esters is 1. The molecule has 0 saturated heterocycles. The van der Waals surface area contributed by atoms with Crippen molar-refractivity contribution in [3.8, 4) is 11.4 Å². The van der Waals surface area contributed by atoms with Crippen molar-refractivity contribution in [2.75, 3.05) is 7.11 Å². The van der Waals surface area contributed by atoms with Crippen LogP contribution >= 0.6 is 15.9 Å². The van der Waals surface area contributed by atoms with Gasteiger partial charge < -0.3 is 9.26 Å². The monoisotopic (exact) mass is 340 g/mol. The molecule has 1 aliphatic carbocycles. The van der Waals surface area contributed by atoms with E-state index in [1.807, 2.05) is 0 Å². The fourth-order valence-corrected chi connectivity index (χ4v) is 2.37. The molecule has 2 aromatic rings. The molecule has 1 aliphatic rings. The summed E-state index contributed by atoms with van der Waals surface area (Å²) < 4.78 is 23.4. The van der Waals surface area contributed by atoms with Crippen LogP contribution in [-0.2, 0) is 14.9 Å². The second kappa shape index (κ2) is 4.66. The van der Waals surface area contributed by atoms with Crippen molar-refractivity contribution in [1.29, 1.82) is 0 Å². The van der Waals surface area contributed by atoms with Gasteiger partial charge in [-0.15, -0.1) is 0 Å². The lowest BCUT2D eigenvalue weighted by Gasteiger charge is -2.05. The predicted octanol–water partition coefficient (Wildman–Crippen LogP) is 2.84. The molecule has 1 heterocycles. The van der Waals surface area contributed by atoms with Gasteiger partial charge in [0, 0.05) is 5.56 Å². The maximum Gasteiger partial charge on any atom is 0.321 e. The Morgan fingerprint density at radius 1 is 1.50 bits per heavy atom. The van der Waals surface area contributed by atoms with Crippen LogP contribution in [-0.4, -0.2) is 23.2 Å². The van der Waals surface area contributed by atoms with Crippen LogP contribution in [0.5, 0.6) is 0 Å². The molecular weight excluding hydrogens is 331 g/mol. The van der Waals surface area contributed by atoms with Crippen molar-refractivity contribution in [3.63, 3.8) is 0 Å². The van der Waals surface area contributed by atoms with Gasteiger partial charge in [-0.1, -0.05) is 5.16 Å². The van der Waals surface area contributed by atoms with E-state index in [2.05, 4.69) is 26.1 Å². The van der Waals surface area contributed by atoms with Gasteiger partial charge in [-0.05, 0) is 47.0 Å². The Labute approximate surface area is 122 Å². The second-order valence-electron chi connectivity index (χ2n) is 4.63. The summed E-state index contributed by atoms with van der Waals surface area (Å²) in [5.41, 5.74) is -0.189. The lowest BCUT2D eigenvalue weighted by molar-refractivity contribution is -0.144. The van der Waals surface area contributed by atoms with Gasteiger partial charge in [0.2, 0.25) is 11.7 Å². The third-order valence-corrected chi connectivity index (χ3v) is 3.95. The highest BCUT2D eigenvalue weighted by atomic mass is 79.9. The molecule has 0 aliphatic heterocycles. The number of hydrogen-bond donors (Lipinski definition) is 0. The Morgan fingerprint density at radius 2 is 2.25 bits per heavy atom. The van der Waals surface area contributed by atoms with E-state index < -0.39 is 5.41 Å². The minimum Gasteiger partial charge on any atom is -0.468 e. The lowest BCUT2D eigenvalue weighted by atomic mass is 10.1. The maximum atomic E-state index is 13.2. The first-order chi connectivity index (χ1) is 9.56. The molecule has 7 heteroatoms. The van der Waals surface area contributed by atoms with Crippen molar-refractivity contribution in [1.82, 2.24) is 10.1 Å². The van der Waals surface area contributed by atoms with Crippen molar-refractivity contribution in [2.45, 2.75) is 18.3 Å². The van der Waals surface area contributed by atoms with E-state index in [1.165, 1.54) is 13.2 Å². The van der Waals surface area contributed by atoms with Crippen LogP contribution in [0.1, 0.15) is 18.7 Å². The minimum absolute atomic E-state index is 0.250. The van der Waals surface area contributed by atoms with Crippen molar-refractivity contribution >= 4 is 21.9 Å². The fourth-order valence-electron chi connectivity index (χ4n) is 2.00. The molecule has 1 saturated carbocycles.